The van der Waals surface area contributed by atoms with Crippen LogP contribution in [0.4, 0.5) is 10.5 Å². The van der Waals surface area contributed by atoms with Gasteiger partial charge >= 0.3 is 6.03 Å². The molecular weight excluding hydrogens is 364 g/mol. The van der Waals surface area contributed by atoms with Crippen molar-refractivity contribution in [3.63, 3.8) is 0 Å². The lowest BCUT2D eigenvalue weighted by atomic mass is 10.1. The van der Waals surface area contributed by atoms with E-state index >= 15 is 0 Å². The van der Waals surface area contributed by atoms with Crippen molar-refractivity contribution in [3.8, 4) is 0 Å². The molecule has 1 N–H and O–H groups in total. The van der Waals surface area contributed by atoms with Crippen LogP contribution in [0.5, 0.6) is 0 Å². The van der Waals surface area contributed by atoms with Crippen LogP contribution >= 0.6 is 15.9 Å². The molecule has 1 heterocycles. The van der Waals surface area contributed by atoms with Crippen molar-refractivity contribution < 1.29 is 14.4 Å². The zero-order valence-electron chi connectivity index (χ0n) is 12.8. The van der Waals surface area contributed by atoms with Crippen LogP contribution in [0.2, 0.25) is 0 Å². The summed E-state index contributed by atoms with van der Waals surface area (Å²) in [6.45, 7) is 1.17. The number of anilines is 1. The average molecular weight is 381 g/mol. The molecule has 1 aromatic carbocycles. The van der Waals surface area contributed by atoms with Crippen LogP contribution in [0.25, 0.3) is 0 Å². The Kier molecular flexibility index (Phi) is 5.62. The number of aliphatic imine (C=N–C) groups is 1. The van der Waals surface area contributed by atoms with Gasteiger partial charge in [-0.1, -0.05) is 15.9 Å². The van der Waals surface area contributed by atoms with Gasteiger partial charge in [0.05, 0.1) is 12.2 Å². The Balaban J connectivity index is 2.18. The number of hydrogen-bond donors (Lipinski definition) is 1. The first-order valence-electron chi connectivity index (χ1n) is 6.99. The number of urea groups is 1. The van der Waals surface area contributed by atoms with Gasteiger partial charge in [0.2, 0.25) is 5.91 Å². The van der Waals surface area contributed by atoms with Crippen molar-refractivity contribution >= 4 is 45.7 Å². The first-order valence-corrected chi connectivity index (χ1v) is 7.78. The number of likely N-dealkylation sites (N-methyl/N-ethyl adjacent to an activating group) is 1. The number of rotatable bonds is 5. The number of amides is 4. The first-order chi connectivity index (χ1) is 10.9. The van der Waals surface area contributed by atoms with Crippen LogP contribution in [0.3, 0.4) is 0 Å². The van der Waals surface area contributed by atoms with Crippen molar-refractivity contribution in [1.82, 2.24) is 10.2 Å². The van der Waals surface area contributed by atoms with Gasteiger partial charge in [-0.05, 0) is 38.4 Å². The Morgan fingerprint density at radius 3 is 2.52 bits per heavy atom. The van der Waals surface area contributed by atoms with Crippen molar-refractivity contribution in [2.75, 3.05) is 32.1 Å². The van der Waals surface area contributed by atoms with Crippen LogP contribution < -0.4 is 10.2 Å². The number of nitrogens with one attached hydrogen (secondary N) is 1. The van der Waals surface area contributed by atoms with Crippen LogP contribution in [0.15, 0.2) is 33.7 Å². The van der Waals surface area contributed by atoms with Gasteiger partial charge in [0.15, 0.2) is 5.92 Å². The summed E-state index contributed by atoms with van der Waals surface area (Å²) in [6.07, 6.45) is 1.31. The fourth-order valence-electron chi connectivity index (χ4n) is 1.99. The quantitative estimate of drug-likeness (QED) is 0.616. The minimum Gasteiger partial charge on any atom is -0.308 e. The molecule has 8 heteroatoms. The lowest BCUT2D eigenvalue weighted by Gasteiger charge is -2.28. The second kappa shape index (κ2) is 7.47. The van der Waals surface area contributed by atoms with Crippen molar-refractivity contribution in [2.45, 2.75) is 0 Å². The van der Waals surface area contributed by atoms with Gasteiger partial charge in [0.25, 0.3) is 5.91 Å². The monoisotopic (exact) mass is 380 g/mol. The summed E-state index contributed by atoms with van der Waals surface area (Å²) in [6, 6.07) is 5.93. The predicted octanol–water partition coefficient (Wildman–Crippen LogP) is 1.28. The summed E-state index contributed by atoms with van der Waals surface area (Å²) in [4.78, 5) is 43.4. The van der Waals surface area contributed by atoms with Crippen molar-refractivity contribution in [3.05, 3.63) is 28.7 Å². The van der Waals surface area contributed by atoms with E-state index in [0.29, 0.717) is 18.8 Å². The maximum Gasteiger partial charge on any atom is 0.335 e. The Morgan fingerprint density at radius 1 is 1.26 bits per heavy atom. The van der Waals surface area contributed by atoms with E-state index in [0.717, 1.165) is 9.37 Å². The molecule has 1 aliphatic rings. The summed E-state index contributed by atoms with van der Waals surface area (Å²) < 4.78 is 0.823. The van der Waals surface area contributed by atoms with E-state index in [1.54, 1.807) is 24.3 Å². The SMILES string of the molecule is CN(C)CCN=CC1C(=O)NC(=O)N(c2ccc(Br)cc2)C1=O. The molecule has 1 fully saturated rings. The van der Waals surface area contributed by atoms with Crippen molar-refractivity contribution in [1.29, 1.82) is 0 Å². The van der Waals surface area contributed by atoms with Crippen molar-refractivity contribution in [2.24, 2.45) is 10.9 Å². The van der Waals surface area contributed by atoms with E-state index in [1.165, 1.54) is 6.21 Å². The Labute approximate surface area is 142 Å². The van der Waals surface area contributed by atoms with E-state index in [9.17, 15) is 14.4 Å². The number of carbonyl (C=O) groups excluding carboxylic acids is 3. The molecule has 0 spiro atoms. The third-order valence-corrected chi connectivity index (χ3v) is 3.75. The minimum absolute atomic E-state index is 0.398. The van der Waals surface area contributed by atoms with E-state index in [1.807, 2.05) is 19.0 Å². The molecule has 23 heavy (non-hydrogen) atoms. The highest BCUT2D eigenvalue weighted by atomic mass is 79.9. The second-order valence-electron chi connectivity index (χ2n) is 5.28. The third-order valence-electron chi connectivity index (χ3n) is 3.22. The molecule has 0 aliphatic carbocycles. The van der Waals surface area contributed by atoms with Gasteiger partial charge in [0.1, 0.15) is 0 Å². The van der Waals surface area contributed by atoms with Crippen LogP contribution in [0.1, 0.15) is 0 Å². The molecule has 0 aromatic heterocycles. The maximum atomic E-state index is 12.5. The molecule has 0 saturated carbocycles. The fraction of sp³-hybridized carbons (Fsp3) is 0.333. The van der Waals surface area contributed by atoms with E-state index < -0.39 is 23.8 Å². The van der Waals surface area contributed by atoms with Gasteiger partial charge in [-0.25, -0.2) is 9.69 Å². The number of carbonyl (C=O) groups is 3. The molecule has 0 radical (unpaired) electrons. The summed E-state index contributed by atoms with van der Waals surface area (Å²) in [7, 11) is 3.81. The molecule has 7 nitrogen and oxygen atoms in total. The lowest BCUT2D eigenvalue weighted by Crippen LogP contribution is -2.58. The van der Waals surface area contributed by atoms with Crippen LogP contribution in [-0.2, 0) is 9.59 Å². The molecule has 1 aliphatic heterocycles. The number of barbiturate groups is 1. The normalized spacial score (nSPS) is 18.9. The largest absolute Gasteiger partial charge is 0.335 e. The Hall–Kier alpha value is -2.06. The number of imide groups is 2. The molecule has 1 saturated heterocycles. The molecule has 1 atom stereocenters. The Bertz CT molecular complexity index is 643. The highest BCUT2D eigenvalue weighted by Gasteiger charge is 2.40. The molecule has 122 valence electrons. The van der Waals surface area contributed by atoms with Crippen LogP contribution in [0, 0.1) is 5.92 Å². The molecule has 2 rings (SSSR count). The average Bonchev–Trinajstić information content (AvgIpc) is 2.47. The van der Waals surface area contributed by atoms with Gasteiger partial charge < -0.3 is 4.90 Å². The van der Waals surface area contributed by atoms with E-state index in [-0.39, 0.29) is 0 Å². The molecule has 1 aromatic rings. The zero-order chi connectivity index (χ0) is 17.0. The summed E-state index contributed by atoms with van der Waals surface area (Å²) in [5.41, 5.74) is 0.398. The molecule has 1 unspecified atom stereocenters. The maximum absolute atomic E-state index is 12.5. The standard InChI is InChI=1S/C15H17BrN4O3/c1-19(2)8-7-17-9-12-13(21)18-15(23)20(14(12)22)11-5-3-10(16)4-6-11/h3-6,9,12H,7-8H2,1-2H3,(H,18,21,23). The van der Waals surface area contributed by atoms with Gasteiger partial charge in [-0.2, -0.15) is 0 Å². The first kappa shape index (κ1) is 17.3. The Morgan fingerprint density at radius 2 is 1.91 bits per heavy atom. The number of hydrogen-bond acceptors (Lipinski definition) is 5. The molecule has 4 amide bonds. The number of nitrogens with zero attached hydrogens (tertiary/aromatic N) is 3. The number of halogens is 1. The summed E-state index contributed by atoms with van der Waals surface area (Å²) in [5, 5.41) is 2.19. The topological polar surface area (TPSA) is 82.1 Å². The van der Waals surface area contributed by atoms with Gasteiger partial charge in [0, 0.05) is 17.2 Å². The molecule has 0 bridgehead atoms. The molecular formula is C15H17BrN4O3. The second-order valence-corrected chi connectivity index (χ2v) is 6.20. The predicted molar refractivity (Wildman–Crippen MR) is 90.6 cm³/mol. The zero-order valence-corrected chi connectivity index (χ0v) is 14.4. The third kappa shape index (κ3) is 4.23. The van der Waals surface area contributed by atoms with Gasteiger partial charge in [-0.15, -0.1) is 0 Å². The van der Waals surface area contributed by atoms with E-state index in [4.69, 9.17) is 0 Å². The summed E-state index contributed by atoms with van der Waals surface area (Å²) in [5.74, 6) is -2.35. The number of benzene rings is 1. The van der Waals surface area contributed by atoms with E-state index in [2.05, 4.69) is 26.2 Å². The smallest absolute Gasteiger partial charge is 0.308 e. The fourth-order valence-corrected chi connectivity index (χ4v) is 2.26. The highest BCUT2D eigenvalue weighted by molar-refractivity contribution is 9.10. The summed E-state index contributed by atoms with van der Waals surface area (Å²) >= 11 is 3.29. The highest BCUT2D eigenvalue weighted by Crippen LogP contribution is 2.22. The lowest BCUT2D eigenvalue weighted by molar-refractivity contribution is -0.131. The van der Waals surface area contributed by atoms with Gasteiger partial charge in [-0.3, -0.25) is 19.9 Å². The minimum atomic E-state index is -1.10. The van der Waals surface area contributed by atoms with Crippen LogP contribution in [-0.4, -0.2) is 56.1 Å².